The van der Waals surface area contributed by atoms with Crippen LogP contribution in [0.4, 0.5) is 0 Å². The van der Waals surface area contributed by atoms with Crippen molar-refractivity contribution in [1.82, 2.24) is 0 Å². The summed E-state index contributed by atoms with van der Waals surface area (Å²) in [6, 6.07) is 0. The van der Waals surface area contributed by atoms with Gasteiger partial charge in [-0.25, -0.2) is 4.79 Å². The second-order valence-corrected chi connectivity index (χ2v) is 5.98. The van der Waals surface area contributed by atoms with Gasteiger partial charge in [0.05, 0.1) is 0 Å². The standard InChI is InChI=1S/C15H20O2/c1-8-4-5-11-9(2)6-14-13(7-12(8)11)10(3)15(16)17-14/h4,9,11-14H,3,5-7H2,1-2H3. The molecule has 3 rings (SSSR count). The third kappa shape index (κ3) is 1.57. The van der Waals surface area contributed by atoms with E-state index in [1.165, 1.54) is 12.0 Å². The normalized spacial score (nSPS) is 44.8. The van der Waals surface area contributed by atoms with E-state index in [0.717, 1.165) is 18.8 Å². The molecule has 0 radical (unpaired) electrons. The summed E-state index contributed by atoms with van der Waals surface area (Å²) in [5.74, 6) is 2.15. The highest BCUT2D eigenvalue weighted by Gasteiger charge is 2.46. The predicted octanol–water partition coefficient (Wildman–Crippen LogP) is 3.10. The number of hydrogen-bond acceptors (Lipinski definition) is 2. The van der Waals surface area contributed by atoms with Gasteiger partial charge in [-0.2, -0.15) is 0 Å². The summed E-state index contributed by atoms with van der Waals surface area (Å²) >= 11 is 0. The van der Waals surface area contributed by atoms with Crippen LogP contribution >= 0.6 is 0 Å². The van der Waals surface area contributed by atoms with E-state index in [1.807, 2.05) is 0 Å². The minimum absolute atomic E-state index is 0.100. The first-order valence-electron chi connectivity index (χ1n) is 6.64. The van der Waals surface area contributed by atoms with Crippen LogP contribution in [0.1, 0.15) is 33.1 Å². The number of hydrogen-bond donors (Lipinski definition) is 0. The molecule has 0 spiro atoms. The molecule has 1 saturated heterocycles. The van der Waals surface area contributed by atoms with Crippen LogP contribution in [0.2, 0.25) is 0 Å². The third-order valence-electron chi connectivity index (χ3n) is 5.07. The minimum atomic E-state index is -0.162. The summed E-state index contributed by atoms with van der Waals surface area (Å²) < 4.78 is 5.47. The third-order valence-corrected chi connectivity index (χ3v) is 5.07. The maximum atomic E-state index is 11.6. The Hall–Kier alpha value is -1.05. The molecule has 2 fully saturated rings. The summed E-state index contributed by atoms with van der Waals surface area (Å²) in [4.78, 5) is 11.6. The van der Waals surface area contributed by atoms with E-state index in [4.69, 9.17) is 4.74 Å². The molecule has 3 aliphatic rings. The summed E-state index contributed by atoms with van der Waals surface area (Å²) in [7, 11) is 0. The van der Waals surface area contributed by atoms with Gasteiger partial charge in [0.15, 0.2) is 0 Å². The van der Waals surface area contributed by atoms with E-state index in [1.54, 1.807) is 0 Å². The van der Waals surface area contributed by atoms with E-state index in [2.05, 4.69) is 26.5 Å². The van der Waals surface area contributed by atoms with Gasteiger partial charge >= 0.3 is 5.97 Å². The number of ether oxygens (including phenoxy) is 1. The van der Waals surface area contributed by atoms with Gasteiger partial charge < -0.3 is 4.74 Å². The van der Waals surface area contributed by atoms with Crippen molar-refractivity contribution < 1.29 is 9.53 Å². The van der Waals surface area contributed by atoms with Crippen LogP contribution in [0.25, 0.3) is 0 Å². The van der Waals surface area contributed by atoms with Crippen molar-refractivity contribution in [3.63, 3.8) is 0 Å². The fourth-order valence-electron chi connectivity index (χ4n) is 3.96. The monoisotopic (exact) mass is 232 g/mol. The lowest BCUT2D eigenvalue weighted by atomic mass is 9.80. The van der Waals surface area contributed by atoms with Gasteiger partial charge in [0.1, 0.15) is 6.10 Å². The Kier molecular flexibility index (Phi) is 2.42. The van der Waals surface area contributed by atoms with Crippen molar-refractivity contribution in [2.24, 2.45) is 23.7 Å². The van der Waals surface area contributed by atoms with Crippen molar-refractivity contribution in [3.8, 4) is 0 Å². The highest BCUT2D eigenvalue weighted by Crippen LogP contribution is 2.49. The molecule has 0 aromatic carbocycles. The minimum Gasteiger partial charge on any atom is -0.458 e. The van der Waals surface area contributed by atoms with Crippen molar-refractivity contribution in [1.29, 1.82) is 0 Å². The Labute approximate surface area is 103 Å². The topological polar surface area (TPSA) is 26.3 Å². The highest BCUT2D eigenvalue weighted by molar-refractivity contribution is 5.90. The van der Waals surface area contributed by atoms with Gasteiger partial charge in [-0.3, -0.25) is 0 Å². The first-order valence-corrected chi connectivity index (χ1v) is 6.64. The molecule has 5 atom stereocenters. The lowest BCUT2D eigenvalue weighted by Gasteiger charge is -2.24. The van der Waals surface area contributed by atoms with E-state index in [0.29, 0.717) is 17.4 Å². The van der Waals surface area contributed by atoms with Crippen LogP contribution in [-0.2, 0) is 9.53 Å². The van der Waals surface area contributed by atoms with E-state index in [-0.39, 0.29) is 18.0 Å². The molecule has 1 aliphatic heterocycles. The van der Waals surface area contributed by atoms with Crippen molar-refractivity contribution in [3.05, 3.63) is 23.8 Å². The average Bonchev–Trinajstić information content (AvgIpc) is 2.71. The Morgan fingerprint density at radius 3 is 2.88 bits per heavy atom. The zero-order chi connectivity index (χ0) is 12.2. The maximum absolute atomic E-state index is 11.6. The first-order chi connectivity index (χ1) is 8.08. The summed E-state index contributed by atoms with van der Waals surface area (Å²) in [6.07, 6.45) is 5.76. The van der Waals surface area contributed by atoms with Gasteiger partial charge in [-0.15, -0.1) is 0 Å². The van der Waals surface area contributed by atoms with Crippen LogP contribution in [0.15, 0.2) is 23.8 Å². The molecule has 92 valence electrons. The lowest BCUT2D eigenvalue weighted by molar-refractivity contribution is -0.139. The average molecular weight is 232 g/mol. The molecule has 2 nitrogen and oxygen atoms in total. The van der Waals surface area contributed by atoms with Gasteiger partial charge in [-0.05, 0) is 43.9 Å². The quantitative estimate of drug-likeness (QED) is 0.364. The Balaban J connectivity index is 1.91. The van der Waals surface area contributed by atoms with E-state index >= 15 is 0 Å². The smallest absolute Gasteiger partial charge is 0.334 e. The van der Waals surface area contributed by atoms with Gasteiger partial charge in [0, 0.05) is 11.5 Å². The second kappa shape index (κ2) is 3.72. The number of rotatable bonds is 0. The molecule has 5 unspecified atom stereocenters. The molecule has 0 N–H and O–H groups in total. The van der Waals surface area contributed by atoms with Crippen LogP contribution in [0.5, 0.6) is 0 Å². The number of esters is 1. The van der Waals surface area contributed by atoms with Crippen LogP contribution in [-0.4, -0.2) is 12.1 Å². The fourth-order valence-corrected chi connectivity index (χ4v) is 3.96. The van der Waals surface area contributed by atoms with Crippen molar-refractivity contribution >= 4 is 5.97 Å². The Morgan fingerprint density at radius 1 is 1.35 bits per heavy atom. The predicted molar refractivity (Wildman–Crippen MR) is 66.3 cm³/mol. The number of fused-ring (bicyclic) bond motifs is 2. The molecule has 1 heterocycles. The summed E-state index contributed by atoms with van der Waals surface area (Å²) in [5, 5.41) is 0. The van der Waals surface area contributed by atoms with Gasteiger partial charge in [0.2, 0.25) is 0 Å². The van der Waals surface area contributed by atoms with Crippen LogP contribution in [0.3, 0.4) is 0 Å². The molecular formula is C15H20O2. The fraction of sp³-hybridized carbons (Fsp3) is 0.667. The van der Waals surface area contributed by atoms with Gasteiger partial charge in [0.25, 0.3) is 0 Å². The summed E-state index contributed by atoms with van der Waals surface area (Å²) in [5.41, 5.74) is 2.22. The molecule has 17 heavy (non-hydrogen) atoms. The zero-order valence-corrected chi connectivity index (χ0v) is 10.6. The molecule has 0 aromatic rings. The first kappa shape index (κ1) is 11.1. The second-order valence-electron chi connectivity index (χ2n) is 5.98. The molecule has 0 aromatic heterocycles. The van der Waals surface area contributed by atoms with Crippen molar-refractivity contribution in [2.75, 3.05) is 0 Å². The number of allylic oxidation sites excluding steroid dienone is 2. The van der Waals surface area contributed by atoms with Crippen molar-refractivity contribution in [2.45, 2.75) is 39.2 Å². The maximum Gasteiger partial charge on any atom is 0.334 e. The molecule has 0 amide bonds. The SMILES string of the molecule is C=C1C(=O)OC2CC(C)C3CC=C(C)C3CC12. The molecule has 0 bridgehead atoms. The van der Waals surface area contributed by atoms with E-state index in [9.17, 15) is 4.79 Å². The zero-order valence-electron chi connectivity index (χ0n) is 10.6. The largest absolute Gasteiger partial charge is 0.458 e. The van der Waals surface area contributed by atoms with E-state index < -0.39 is 0 Å². The van der Waals surface area contributed by atoms with Crippen LogP contribution < -0.4 is 0 Å². The molecular weight excluding hydrogens is 212 g/mol. The van der Waals surface area contributed by atoms with Crippen LogP contribution in [0, 0.1) is 23.7 Å². The molecule has 1 saturated carbocycles. The highest BCUT2D eigenvalue weighted by atomic mass is 16.6. The number of carbonyl (C=O) groups excluding carboxylic acids is 1. The van der Waals surface area contributed by atoms with Gasteiger partial charge in [-0.1, -0.05) is 25.2 Å². The Morgan fingerprint density at radius 2 is 2.12 bits per heavy atom. The number of carbonyl (C=O) groups is 1. The Bertz CT molecular complexity index is 407. The summed E-state index contributed by atoms with van der Waals surface area (Å²) in [6.45, 7) is 8.47. The molecule has 2 aliphatic carbocycles. The lowest BCUT2D eigenvalue weighted by Crippen LogP contribution is -2.18. The molecule has 2 heteroatoms.